The van der Waals surface area contributed by atoms with Gasteiger partial charge in [-0.15, -0.1) is 0 Å². The van der Waals surface area contributed by atoms with Crippen molar-refractivity contribution in [2.24, 2.45) is 0 Å². The van der Waals surface area contributed by atoms with Crippen LogP contribution in [0.1, 0.15) is 41.4 Å². The number of hydrogen-bond donors (Lipinski definition) is 1. The van der Waals surface area contributed by atoms with Crippen molar-refractivity contribution in [2.45, 2.75) is 31.6 Å². The highest BCUT2D eigenvalue weighted by molar-refractivity contribution is 5.96. The molecule has 1 spiro atoms. The molecule has 1 aliphatic carbocycles. The molecule has 2 aliphatic rings. The Labute approximate surface area is 187 Å². The van der Waals surface area contributed by atoms with Crippen molar-refractivity contribution in [2.75, 3.05) is 31.6 Å². The lowest BCUT2D eigenvalue weighted by Gasteiger charge is -2.19. The summed E-state index contributed by atoms with van der Waals surface area (Å²) in [7, 11) is 1.70. The number of hydrogen-bond acceptors (Lipinski definition) is 6. The number of carbonyl (C=O) groups excluding carboxylic acids is 1. The van der Waals surface area contributed by atoms with E-state index in [9.17, 15) is 4.79 Å². The van der Waals surface area contributed by atoms with Crippen molar-refractivity contribution in [3.8, 4) is 11.3 Å². The topological polar surface area (TPSA) is 82.5 Å². The van der Waals surface area contributed by atoms with E-state index in [4.69, 9.17) is 5.11 Å². The van der Waals surface area contributed by atoms with Crippen LogP contribution in [0, 0.1) is 0 Å². The number of carbonyl (C=O) groups is 1. The van der Waals surface area contributed by atoms with E-state index in [0.717, 1.165) is 48.4 Å². The van der Waals surface area contributed by atoms with Crippen molar-refractivity contribution >= 4 is 17.5 Å². The highest BCUT2D eigenvalue weighted by Crippen LogP contribution is 2.57. The van der Waals surface area contributed by atoms with Gasteiger partial charge in [-0.05, 0) is 49.1 Å². The van der Waals surface area contributed by atoms with Gasteiger partial charge in [0.25, 0.3) is 5.91 Å². The van der Waals surface area contributed by atoms with Gasteiger partial charge in [0.2, 0.25) is 5.95 Å². The lowest BCUT2D eigenvalue weighted by atomic mass is 9.97. The molecule has 0 radical (unpaired) electrons. The molecule has 1 amide bonds. The van der Waals surface area contributed by atoms with E-state index < -0.39 is 0 Å². The summed E-state index contributed by atoms with van der Waals surface area (Å²) < 4.78 is 0. The maximum atomic E-state index is 12.8. The minimum absolute atomic E-state index is 0.0569. The first-order valence-electron chi connectivity index (χ1n) is 11.1. The Morgan fingerprint density at radius 2 is 1.97 bits per heavy atom. The molecule has 0 saturated heterocycles. The Bertz CT molecular complexity index is 1160. The first kappa shape index (κ1) is 20.6. The predicted octanol–water partition coefficient (Wildman–Crippen LogP) is 3.35. The molecule has 32 heavy (non-hydrogen) atoms. The highest BCUT2D eigenvalue weighted by Gasteiger charge is 2.52. The molecule has 164 valence electrons. The third kappa shape index (κ3) is 3.52. The van der Waals surface area contributed by atoms with Gasteiger partial charge < -0.3 is 14.9 Å². The first-order valence-corrected chi connectivity index (χ1v) is 11.1. The van der Waals surface area contributed by atoms with Gasteiger partial charge in [-0.3, -0.25) is 9.78 Å². The third-order valence-corrected chi connectivity index (χ3v) is 6.55. The lowest BCUT2D eigenvalue weighted by Crippen LogP contribution is -2.29. The fourth-order valence-corrected chi connectivity index (χ4v) is 4.47. The Morgan fingerprint density at radius 1 is 1.19 bits per heavy atom. The van der Waals surface area contributed by atoms with Crippen LogP contribution in [0.4, 0.5) is 11.6 Å². The average molecular weight is 430 g/mol. The van der Waals surface area contributed by atoms with Crippen LogP contribution in [0.5, 0.6) is 0 Å². The Morgan fingerprint density at radius 3 is 2.66 bits per heavy atom. The van der Waals surface area contributed by atoms with Crippen LogP contribution in [0.25, 0.3) is 11.3 Å². The number of likely N-dealkylation sites (N-methyl/N-ethyl adjacent to an activating group) is 1. The number of nitrogens with zero attached hydrogens (tertiary/aromatic N) is 5. The molecule has 0 unspecified atom stereocenters. The first-order chi connectivity index (χ1) is 15.5. The summed E-state index contributed by atoms with van der Waals surface area (Å²) in [5.74, 6) is 0.537. The minimum atomic E-state index is -0.100. The average Bonchev–Trinajstić information content (AvgIpc) is 3.55. The van der Waals surface area contributed by atoms with E-state index in [1.807, 2.05) is 42.7 Å². The largest absolute Gasteiger partial charge is 0.395 e. The fourth-order valence-electron chi connectivity index (χ4n) is 4.47. The minimum Gasteiger partial charge on any atom is -0.395 e. The van der Waals surface area contributed by atoms with Crippen LogP contribution < -0.4 is 4.90 Å². The third-order valence-electron chi connectivity index (χ3n) is 6.55. The molecule has 5 rings (SSSR count). The molecule has 3 aromatic rings. The summed E-state index contributed by atoms with van der Waals surface area (Å²) in [6.45, 7) is 3.17. The molecule has 0 bridgehead atoms. The summed E-state index contributed by atoms with van der Waals surface area (Å²) in [6, 6.07) is 11.9. The van der Waals surface area contributed by atoms with Crippen LogP contribution in [0.15, 0.2) is 48.8 Å². The Kier molecular flexibility index (Phi) is 5.13. The Hall–Kier alpha value is -3.32. The maximum Gasteiger partial charge on any atom is 0.253 e. The molecule has 3 heterocycles. The monoisotopic (exact) mass is 429 g/mol. The summed E-state index contributed by atoms with van der Waals surface area (Å²) >= 11 is 0. The van der Waals surface area contributed by atoms with E-state index >= 15 is 0 Å². The summed E-state index contributed by atoms with van der Waals surface area (Å²) in [5.41, 5.74) is 5.83. The summed E-state index contributed by atoms with van der Waals surface area (Å²) in [4.78, 5) is 30.4. The predicted molar refractivity (Wildman–Crippen MR) is 123 cm³/mol. The van der Waals surface area contributed by atoms with Gasteiger partial charge in [0.15, 0.2) is 0 Å². The van der Waals surface area contributed by atoms with Gasteiger partial charge in [-0.1, -0.05) is 19.1 Å². The number of aliphatic hydroxyl groups is 1. The van der Waals surface area contributed by atoms with Crippen molar-refractivity contribution in [1.29, 1.82) is 0 Å². The number of fused-ring (bicyclic) bond motifs is 2. The van der Waals surface area contributed by atoms with Crippen molar-refractivity contribution in [1.82, 2.24) is 19.9 Å². The zero-order valence-electron chi connectivity index (χ0n) is 18.5. The normalized spacial score (nSPS) is 15.7. The molecule has 1 saturated carbocycles. The van der Waals surface area contributed by atoms with Crippen LogP contribution in [-0.2, 0) is 11.8 Å². The Balaban J connectivity index is 1.46. The zero-order valence-corrected chi connectivity index (χ0v) is 18.5. The van der Waals surface area contributed by atoms with Gasteiger partial charge in [-0.25, -0.2) is 9.97 Å². The molecule has 2 aromatic heterocycles. The SMILES string of the molecule is CCc1cccc(-c2cnc(N3CC4(CC4)c4ccc(C(=O)N(C)CCO)cc43)nc2)n1. The number of aryl methyl sites for hydroxylation is 1. The van der Waals surface area contributed by atoms with Crippen LogP contribution in [0.2, 0.25) is 0 Å². The number of aliphatic hydroxyl groups excluding tert-OH is 1. The summed E-state index contributed by atoms with van der Waals surface area (Å²) in [6.07, 6.45) is 6.81. The maximum absolute atomic E-state index is 12.8. The molecule has 1 fully saturated rings. The molecule has 7 heteroatoms. The standard InChI is InChI=1S/C25H27N5O2/c1-3-19-5-4-6-21(28-19)18-14-26-24(27-15-18)30-16-25(9-10-25)20-8-7-17(13-22(20)30)23(32)29(2)11-12-31/h4-8,13-15,31H,3,9-12,16H2,1-2H3. The van der Waals surface area contributed by atoms with Gasteiger partial charge >= 0.3 is 0 Å². The van der Waals surface area contributed by atoms with E-state index in [2.05, 4.69) is 32.8 Å². The molecular formula is C25H27N5O2. The second-order valence-corrected chi connectivity index (χ2v) is 8.69. The van der Waals surface area contributed by atoms with Gasteiger partial charge in [0, 0.05) is 60.5 Å². The quantitative estimate of drug-likeness (QED) is 0.647. The number of pyridine rings is 1. The fraction of sp³-hybridized carbons (Fsp3) is 0.360. The number of benzene rings is 1. The van der Waals surface area contributed by atoms with Crippen LogP contribution >= 0.6 is 0 Å². The van der Waals surface area contributed by atoms with E-state index in [0.29, 0.717) is 18.1 Å². The molecule has 1 N–H and O–H groups in total. The number of amides is 1. The van der Waals surface area contributed by atoms with E-state index in [1.54, 1.807) is 7.05 Å². The lowest BCUT2D eigenvalue weighted by molar-refractivity contribution is 0.0767. The summed E-state index contributed by atoms with van der Waals surface area (Å²) in [5, 5.41) is 9.17. The molecule has 1 aromatic carbocycles. The van der Waals surface area contributed by atoms with Crippen LogP contribution in [0.3, 0.4) is 0 Å². The van der Waals surface area contributed by atoms with Crippen molar-refractivity contribution < 1.29 is 9.90 Å². The number of anilines is 2. The van der Waals surface area contributed by atoms with E-state index in [1.165, 1.54) is 10.5 Å². The number of aromatic nitrogens is 3. The molecular weight excluding hydrogens is 402 g/mol. The van der Waals surface area contributed by atoms with Crippen molar-refractivity contribution in [3.05, 3.63) is 65.6 Å². The smallest absolute Gasteiger partial charge is 0.253 e. The van der Waals surface area contributed by atoms with Gasteiger partial charge in [0.1, 0.15) is 0 Å². The molecule has 7 nitrogen and oxygen atoms in total. The zero-order chi connectivity index (χ0) is 22.3. The van der Waals surface area contributed by atoms with Gasteiger partial charge in [-0.2, -0.15) is 0 Å². The second kappa shape index (κ2) is 7.98. The highest BCUT2D eigenvalue weighted by atomic mass is 16.3. The van der Waals surface area contributed by atoms with E-state index in [-0.39, 0.29) is 17.9 Å². The molecule has 0 atom stereocenters. The number of rotatable bonds is 6. The van der Waals surface area contributed by atoms with Gasteiger partial charge in [0.05, 0.1) is 12.3 Å². The molecule has 1 aliphatic heterocycles. The van der Waals surface area contributed by atoms with Crippen molar-refractivity contribution in [3.63, 3.8) is 0 Å². The second-order valence-electron chi connectivity index (χ2n) is 8.69. The van der Waals surface area contributed by atoms with Crippen LogP contribution in [-0.4, -0.2) is 57.6 Å².